The van der Waals surface area contributed by atoms with E-state index in [0.29, 0.717) is 12.8 Å². The van der Waals surface area contributed by atoms with Crippen LogP contribution in [0.15, 0.2) is 35.5 Å². The third-order valence-corrected chi connectivity index (χ3v) is 6.01. The van der Waals surface area contributed by atoms with Crippen molar-refractivity contribution in [3.8, 4) is 0 Å². The van der Waals surface area contributed by atoms with Gasteiger partial charge in [-0.05, 0) is 32.4 Å². The highest BCUT2D eigenvalue weighted by atomic mass is 16.6. The van der Waals surface area contributed by atoms with Crippen LogP contribution in [0.5, 0.6) is 0 Å². The van der Waals surface area contributed by atoms with E-state index in [2.05, 4.69) is 6.58 Å². The number of esters is 3. The van der Waals surface area contributed by atoms with E-state index in [9.17, 15) is 19.5 Å². The fourth-order valence-corrected chi connectivity index (χ4v) is 4.16. The van der Waals surface area contributed by atoms with Gasteiger partial charge >= 0.3 is 17.9 Å². The summed E-state index contributed by atoms with van der Waals surface area (Å²) in [6.07, 6.45) is 1.79. The molecule has 8 heteroatoms. The first-order chi connectivity index (χ1) is 14.1. The highest BCUT2D eigenvalue weighted by Crippen LogP contribution is 2.48. The van der Waals surface area contributed by atoms with Crippen LogP contribution in [0.4, 0.5) is 0 Å². The van der Waals surface area contributed by atoms with Crippen molar-refractivity contribution in [2.45, 2.75) is 70.6 Å². The summed E-state index contributed by atoms with van der Waals surface area (Å²) in [6, 6.07) is 0. The lowest BCUT2D eigenvalue weighted by Crippen LogP contribution is -2.38. The molecule has 164 valence electrons. The molecule has 2 fully saturated rings. The van der Waals surface area contributed by atoms with E-state index in [1.54, 1.807) is 19.9 Å². The van der Waals surface area contributed by atoms with Gasteiger partial charge in [0.25, 0.3) is 0 Å². The van der Waals surface area contributed by atoms with Crippen LogP contribution >= 0.6 is 0 Å². The van der Waals surface area contributed by atoms with Crippen molar-refractivity contribution in [1.82, 2.24) is 0 Å². The van der Waals surface area contributed by atoms with Crippen molar-refractivity contribution >= 4 is 17.9 Å². The highest BCUT2D eigenvalue weighted by Gasteiger charge is 2.58. The lowest BCUT2D eigenvalue weighted by Gasteiger charge is -2.29. The van der Waals surface area contributed by atoms with Crippen molar-refractivity contribution < 1.29 is 38.4 Å². The first kappa shape index (κ1) is 22.2. The summed E-state index contributed by atoms with van der Waals surface area (Å²) in [5.41, 5.74) is 0.432. The zero-order valence-corrected chi connectivity index (χ0v) is 17.7. The number of allylic oxidation sites excluding steroid dienone is 1. The number of fused-ring (bicyclic) bond motifs is 2. The van der Waals surface area contributed by atoms with Gasteiger partial charge in [-0.1, -0.05) is 12.7 Å². The summed E-state index contributed by atoms with van der Waals surface area (Å²) in [5.74, 6) is -2.25. The zero-order valence-electron chi connectivity index (χ0n) is 17.7. The number of epoxide rings is 1. The second-order valence-electron chi connectivity index (χ2n) is 8.20. The molecular weight excluding hydrogens is 392 g/mol. The van der Waals surface area contributed by atoms with Gasteiger partial charge < -0.3 is 24.1 Å². The van der Waals surface area contributed by atoms with Crippen LogP contribution < -0.4 is 0 Å². The molecule has 0 bridgehead atoms. The Morgan fingerprint density at radius 1 is 1.40 bits per heavy atom. The summed E-state index contributed by atoms with van der Waals surface area (Å²) in [4.78, 5) is 36.4. The van der Waals surface area contributed by atoms with Gasteiger partial charge in [-0.25, -0.2) is 9.59 Å². The average Bonchev–Trinajstić information content (AvgIpc) is 3.19. The molecule has 2 aliphatic heterocycles. The number of aliphatic hydroxyl groups excluding tert-OH is 1. The minimum absolute atomic E-state index is 0.125. The Labute approximate surface area is 175 Å². The Morgan fingerprint density at radius 3 is 2.70 bits per heavy atom. The quantitative estimate of drug-likeness (QED) is 0.241. The molecule has 0 aromatic carbocycles. The van der Waals surface area contributed by atoms with Gasteiger partial charge in [0.1, 0.15) is 18.3 Å². The molecule has 3 rings (SSSR count). The maximum Gasteiger partial charge on any atom is 0.336 e. The Morgan fingerprint density at radius 2 is 2.10 bits per heavy atom. The van der Waals surface area contributed by atoms with E-state index in [0.717, 1.165) is 5.57 Å². The zero-order chi connectivity index (χ0) is 22.2. The fourth-order valence-electron chi connectivity index (χ4n) is 4.16. The van der Waals surface area contributed by atoms with Crippen LogP contribution in [0.25, 0.3) is 0 Å². The van der Waals surface area contributed by atoms with Crippen LogP contribution in [-0.4, -0.2) is 59.6 Å². The van der Waals surface area contributed by atoms with E-state index in [-0.39, 0.29) is 17.3 Å². The van der Waals surface area contributed by atoms with Gasteiger partial charge in [-0.2, -0.15) is 0 Å². The maximum absolute atomic E-state index is 12.5. The average molecular weight is 420 g/mol. The number of rotatable bonds is 4. The van der Waals surface area contributed by atoms with Gasteiger partial charge in [-0.15, -0.1) is 0 Å². The SMILES string of the molecule is C=C1C(=O)O[C@@H]2/C=C(/C)[C@@H](OC(C)=O)C[C@H]3O[C@]3(C)C[C@@H](OC(=O)/C(=C/C)CO)[C@@H]12. The molecule has 0 radical (unpaired) electrons. The van der Waals surface area contributed by atoms with Crippen molar-refractivity contribution in [1.29, 1.82) is 0 Å². The second-order valence-corrected chi connectivity index (χ2v) is 8.20. The van der Waals surface area contributed by atoms with Crippen LogP contribution in [0.1, 0.15) is 40.5 Å². The third kappa shape index (κ3) is 4.34. The molecule has 0 aromatic heterocycles. The number of hydrogen-bond donors (Lipinski definition) is 1. The smallest absolute Gasteiger partial charge is 0.336 e. The molecule has 1 N–H and O–H groups in total. The molecule has 30 heavy (non-hydrogen) atoms. The Hall–Kier alpha value is -2.45. The van der Waals surface area contributed by atoms with Crippen LogP contribution in [0, 0.1) is 5.92 Å². The summed E-state index contributed by atoms with van der Waals surface area (Å²) in [7, 11) is 0. The monoisotopic (exact) mass is 420 g/mol. The predicted molar refractivity (Wildman–Crippen MR) is 105 cm³/mol. The summed E-state index contributed by atoms with van der Waals surface area (Å²) in [6.45, 7) is 10.1. The van der Waals surface area contributed by atoms with E-state index >= 15 is 0 Å². The molecular formula is C22H28O8. The number of carbonyl (C=O) groups is 3. The van der Waals surface area contributed by atoms with Gasteiger partial charge in [-0.3, -0.25) is 4.79 Å². The van der Waals surface area contributed by atoms with Gasteiger partial charge in [0.15, 0.2) is 0 Å². The maximum atomic E-state index is 12.5. The molecule has 3 aliphatic rings. The van der Waals surface area contributed by atoms with E-state index in [1.165, 1.54) is 13.0 Å². The van der Waals surface area contributed by atoms with Gasteiger partial charge in [0.2, 0.25) is 0 Å². The number of hydrogen-bond acceptors (Lipinski definition) is 8. The standard InChI is InChI=1S/C22H28O8/c1-6-14(10-23)21(26)29-17-9-22(5)18(30-22)8-15(27-13(4)24)11(2)7-16-19(17)12(3)20(25)28-16/h6-7,15-19,23H,3,8-10H2,1-2,4-5H3/b11-7-,14-6+/t15-,16+,17+,18+,19-,22+/m0/s1. The molecule has 2 heterocycles. The van der Waals surface area contributed by atoms with Crippen LogP contribution in [-0.2, 0) is 33.3 Å². The summed E-state index contributed by atoms with van der Waals surface area (Å²) < 4.78 is 22.6. The van der Waals surface area contributed by atoms with Gasteiger partial charge in [0.05, 0.1) is 29.8 Å². The largest absolute Gasteiger partial charge is 0.458 e. The Kier molecular flexibility index (Phi) is 6.19. The first-order valence-corrected chi connectivity index (χ1v) is 9.99. The molecule has 0 unspecified atom stereocenters. The van der Waals surface area contributed by atoms with Crippen LogP contribution in [0.3, 0.4) is 0 Å². The number of carbonyl (C=O) groups excluding carboxylic acids is 3. The molecule has 1 aliphatic carbocycles. The van der Waals surface area contributed by atoms with Crippen molar-refractivity contribution in [2.24, 2.45) is 5.92 Å². The first-order valence-electron chi connectivity index (χ1n) is 9.99. The third-order valence-electron chi connectivity index (χ3n) is 6.01. The van der Waals surface area contributed by atoms with E-state index in [4.69, 9.17) is 18.9 Å². The minimum Gasteiger partial charge on any atom is -0.458 e. The topological polar surface area (TPSA) is 112 Å². The Balaban J connectivity index is 1.98. The van der Waals surface area contributed by atoms with Crippen molar-refractivity contribution in [3.63, 3.8) is 0 Å². The molecule has 0 spiro atoms. The Bertz CT molecular complexity index is 825. The molecule has 8 nitrogen and oxygen atoms in total. The second kappa shape index (κ2) is 8.35. The van der Waals surface area contributed by atoms with E-state index < -0.39 is 54.3 Å². The molecule has 2 saturated heterocycles. The van der Waals surface area contributed by atoms with Crippen molar-refractivity contribution in [2.75, 3.05) is 6.61 Å². The lowest BCUT2D eigenvalue weighted by molar-refractivity contribution is -0.149. The summed E-state index contributed by atoms with van der Waals surface area (Å²) in [5, 5.41) is 9.40. The predicted octanol–water partition coefficient (Wildman–Crippen LogP) is 1.76. The minimum atomic E-state index is -0.743. The van der Waals surface area contributed by atoms with E-state index in [1.807, 2.05) is 6.92 Å². The number of aliphatic hydroxyl groups is 1. The molecule has 0 amide bonds. The fraction of sp³-hybridized carbons (Fsp3) is 0.591. The molecule has 0 saturated carbocycles. The van der Waals surface area contributed by atoms with Crippen LogP contribution in [0.2, 0.25) is 0 Å². The highest BCUT2D eigenvalue weighted by molar-refractivity contribution is 5.92. The molecule has 0 aromatic rings. The lowest BCUT2D eigenvalue weighted by atomic mass is 9.82. The summed E-state index contributed by atoms with van der Waals surface area (Å²) >= 11 is 0. The normalized spacial score (nSPS) is 37.8. The van der Waals surface area contributed by atoms with Crippen molar-refractivity contribution in [3.05, 3.63) is 35.5 Å². The number of ether oxygens (including phenoxy) is 4. The van der Waals surface area contributed by atoms with Gasteiger partial charge in [0, 0.05) is 25.3 Å². The molecule has 6 atom stereocenters.